The Hall–Kier alpha value is -2.25. The highest BCUT2D eigenvalue weighted by molar-refractivity contribution is 6.29. The van der Waals surface area contributed by atoms with Gasteiger partial charge in [0, 0.05) is 6.07 Å². The van der Waals surface area contributed by atoms with Gasteiger partial charge in [-0.25, -0.2) is 4.98 Å². The zero-order valence-electron chi connectivity index (χ0n) is 11.0. The van der Waals surface area contributed by atoms with Gasteiger partial charge < -0.3 is 9.47 Å². The Bertz CT molecular complexity index is 621. The van der Waals surface area contributed by atoms with Crippen molar-refractivity contribution in [2.45, 2.75) is 13.3 Å². The lowest BCUT2D eigenvalue weighted by molar-refractivity contribution is 0.317. The first-order valence-electron chi connectivity index (χ1n) is 6.19. The molecule has 2 aromatic rings. The standard InChI is InChI=1S/C15H13ClN2O2/c1-2-7-19-12-3-5-13(6-4-12)20-15-9-11(10-17)8-14(16)18-15/h3-6,8-9H,2,7H2,1H3. The fraction of sp³-hybridized carbons (Fsp3) is 0.200. The number of benzene rings is 1. The lowest BCUT2D eigenvalue weighted by Gasteiger charge is -2.07. The Balaban J connectivity index is 2.10. The third-order valence-electron chi connectivity index (χ3n) is 2.42. The van der Waals surface area contributed by atoms with E-state index in [2.05, 4.69) is 11.9 Å². The first-order chi connectivity index (χ1) is 9.71. The number of rotatable bonds is 5. The molecule has 0 bridgehead atoms. The Morgan fingerprint density at radius 2 is 1.90 bits per heavy atom. The van der Waals surface area contributed by atoms with Crippen molar-refractivity contribution in [2.24, 2.45) is 0 Å². The average Bonchev–Trinajstić information content (AvgIpc) is 2.46. The molecular formula is C15H13ClN2O2. The van der Waals surface area contributed by atoms with E-state index in [1.807, 2.05) is 18.2 Å². The number of pyridine rings is 1. The summed E-state index contributed by atoms with van der Waals surface area (Å²) in [5.41, 5.74) is 0.405. The van der Waals surface area contributed by atoms with Gasteiger partial charge in [-0.3, -0.25) is 0 Å². The van der Waals surface area contributed by atoms with Crippen LogP contribution < -0.4 is 9.47 Å². The molecule has 0 unspecified atom stereocenters. The van der Waals surface area contributed by atoms with Crippen LogP contribution in [0.25, 0.3) is 0 Å². The highest BCUT2D eigenvalue weighted by atomic mass is 35.5. The van der Waals surface area contributed by atoms with Gasteiger partial charge in [-0.2, -0.15) is 5.26 Å². The van der Waals surface area contributed by atoms with E-state index in [1.165, 1.54) is 12.1 Å². The smallest absolute Gasteiger partial charge is 0.221 e. The SMILES string of the molecule is CCCOc1ccc(Oc2cc(C#N)cc(Cl)n2)cc1. The predicted octanol–water partition coefficient (Wildman–Crippen LogP) is 4.19. The number of nitrogens with zero attached hydrogens (tertiary/aromatic N) is 2. The second-order valence-electron chi connectivity index (χ2n) is 4.05. The Morgan fingerprint density at radius 1 is 1.20 bits per heavy atom. The molecule has 0 N–H and O–H groups in total. The molecule has 0 spiro atoms. The molecule has 0 aliphatic heterocycles. The van der Waals surface area contributed by atoms with E-state index in [9.17, 15) is 0 Å². The van der Waals surface area contributed by atoms with Gasteiger partial charge in [0.25, 0.3) is 0 Å². The number of ether oxygens (including phenoxy) is 2. The van der Waals surface area contributed by atoms with Crippen LogP contribution in [0, 0.1) is 11.3 Å². The minimum absolute atomic E-state index is 0.224. The van der Waals surface area contributed by atoms with Crippen molar-refractivity contribution in [3.05, 3.63) is 47.1 Å². The largest absolute Gasteiger partial charge is 0.494 e. The fourth-order valence-corrected chi connectivity index (χ4v) is 1.74. The number of halogens is 1. The summed E-state index contributed by atoms with van der Waals surface area (Å²) in [4.78, 5) is 4.01. The molecule has 102 valence electrons. The zero-order chi connectivity index (χ0) is 14.4. The van der Waals surface area contributed by atoms with Crippen LogP contribution in [0.15, 0.2) is 36.4 Å². The second-order valence-corrected chi connectivity index (χ2v) is 4.44. The van der Waals surface area contributed by atoms with Crippen molar-refractivity contribution in [1.82, 2.24) is 4.98 Å². The summed E-state index contributed by atoms with van der Waals surface area (Å²) >= 11 is 5.82. The van der Waals surface area contributed by atoms with E-state index in [1.54, 1.807) is 12.1 Å². The van der Waals surface area contributed by atoms with Crippen molar-refractivity contribution < 1.29 is 9.47 Å². The lowest BCUT2D eigenvalue weighted by atomic mass is 10.3. The maximum absolute atomic E-state index is 8.86. The number of hydrogen-bond donors (Lipinski definition) is 0. The lowest BCUT2D eigenvalue weighted by Crippen LogP contribution is -1.95. The minimum Gasteiger partial charge on any atom is -0.494 e. The molecule has 5 heteroatoms. The molecular weight excluding hydrogens is 276 g/mol. The second kappa shape index (κ2) is 6.78. The minimum atomic E-state index is 0.224. The van der Waals surface area contributed by atoms with Crippen molar-refractivity contribution in [3.8, 4) is 23.4 Å². The first kappa shape index (κ1) is 14.2. The molecule has 0 aliphatic rings. The summed E-state index contributed by atoms with van der Waals surface area (Å²) in [6, 6.07) is 12.2. The normalized spacial score (nSPS) is 9.85. The third-order valence-corrected chi connectivity index (χ3v) is 2.61. The molecule has 0 saturated heterocycles. The van der Waals surface area contributed by atoms with Crippen molar-refractivity contribution in [3.63, 3.8) is 0 Å². The van der Waals surface area contributed by atoms with E-state index < -0.39 is 0 Å². The zero-order valence-corrected chi connectivity index (χ0v) is 11.7. The Morgan fingerprint density at radius 3 is 2.55 bits per heavy atom. The van der Waals surface area contributed by atoms with Gasteiger partial charge in [-0.1, -0.05) is 18.5 Å². The van der Waals surface area contributed by atoms with Crippen LogP contribution in [0.4, 0.5) is 0 Å². The van der Waals surface area contributed by atoms with Crippen LogP contribution in [0.3, 0.4) is 0 Å². The molecule has 1 heterocycles. The number of nitriles is 1. The van der Waals surface area contributed by atoms with E-state index in [4.69, 9.17) is 26.3 Å². The molecule has 1 aromatic heterocycles. The topological polar surface area (TPSA) is 55.1 Å². The molecule has 0 fully saturated rings. The van der Waals surface area contributed by atoms with Gasteiger partial charge in [0.2, 0.25) is 5.88 Å². The monoisotopic (exact) mass is 288 g/mol. The van der Waals surface area contributed by atoms with E-state index in [0.717, 1.165) is 12.2 Å². The predicted molar refractivity (Wildman–Crippen MR) is 76.3 cm³/mol. The van der Waals surface area contributed by atoms with Crippen molar-refractivity contribution in [1.29, 1.82) is 5.26 Å². The van der Waals surface area contributed by atoms with Crippen molar-refractivity contribution >= 4 is 11.6 Å². The van der Waals surface area contributed by atoms with E-state index in [0.29, 0.717) is 17.9 Å². The molecule has 0 atom stereocenters. The van der Waals surface area contributed by atoms with Crippen LogP contribution in [0.2, 0.25) is 5.15 Å². The van der Waals surface area contributed by atoms with Gasteiger partial charge in [-0.15, -0.1) is 0 Å². The maximum Gasteiger partial charge on any atom is 0.221 e. The molecule has 0 saturated carbocycles. The molecule has 0 amide bonds. The van der Waals surface area contributed by atoms with Gasteiger partial charge in [0.1, 0.15) is 16.7 Å². The molecule has 0 radical (unpaired) electrons. The highest BCUT2D eigenvalue weighted by Gasteiger charge is 2.04. The Labute approximate surface area is 122 Å². The molecule has 1 aromatic carbocycles. The summed E-state index contributed by atoms with van der Waals surface area (Å²) in [5, 5.41) is 9.09. The van der Waals surface area contributed by atoms with Crippen LogP contribution >= 0.6 is 11.6 Å². The van der Waals surface area contributed by atoms with Crippen molar-refractivity contribution in [2.75, 3.05) is 6.61 Å². The quantitative estimate of drug-likeness (QED) is 0.774. The third kappa shape index (κ3) is 3.87. The summed E-state index contributed by atoms with van der Waals surface area (Å²) in [7, 11) is 0. The van der Waals surface area contributed by atoms with Gasteiger partial charge in [-0.05, 0) is 36.8 Å². The maximum atomic E-state index is 8.86. The molecule has 2 rings (SSSR count). The van der Waals surface area contributed by atoms with Gasteiger partial charge in [0.05, 0.1) is 18.2 Å². The van der Waals surface area contributed by atoms with Gasteiger partial charge in [0.15, 0.2) is 0 Å². The first-order valence-corrected chi connectivity index (χ1v) is 6.57. The summed E-state index contributed by atoms with van der Waals surface area (Å²) < 4.78 is 11.0. The van der Waals surface area contributed by atoms with Crippen LogP contribution in [0.5, 0.6) is 17.4 Å². The summed E-state index contributed by atoms with van der Waals surface area (Å²) in [6.45, 7) is 2.73. The van der Waals surface area contributed by atoms with E-state index >= 15 is 0 Å². The molecule has 20 heavy (non-hydrogen) atoms. The highest BCUT2D eigenvalue weighted by Crippen LogP contribution is 2.24. The average molecular weight is 289 g/mol. The molecule has 0 aliphatic carbocycles. The van der Waals surface area contributed by atoms with Crippen LogP contribution in [-0.4, -0.2) is 11.6 Å². The summed E-state index contributed by atoms with van der Waals surface area (Å²) in [6.07, 6.45) is 0.960. The van der Waals surface area contributed by atoms with Crippen LogP contribution in [-0.2, 0) is 0 Å². The fourth-order valence-electron chi connectivity index (χ4n) is 1.53. The summed E-state index contributed by atoms with van der Waals surface area (Å²) in [5.74, 6) is 1.68. The Kier molecular flexibility index (Phi) is 4.80. The number of aromatic nitrogens is 1. The number of hydrogen-bond acceptors (Lipinski definition) is 4. The van der Waals surface area contributed by atoms with Crippen LogP contribution in [0.1, 0.15) is 18.9 Å². The van der Waals surface area contributed by atoms with E-state index in [-0.39, 0.29) is 11.0 Å². The molecule has 4 nitrogen and oxygen atoms in total. The van der Waals surface area contributed by atoms with Gasteiger partial charge >= 0.3 is 0 Å².